The van der Waals surface area contributed by atoms with Crippen LogP contribution in [0.3, 0.4) is 0 Å². The molecule has 1 N–H and O–H groups in total. The van der Waals surface area contributed by atoms with E-state index in [1.54, 1.807) is 52.7 Å². The van der Waals surface area contributed by atoms with Crippen molar-refractivity contribution < 1.29 is 28.1 Å². The summed E-state index contributed by atoms with van der Waals surface area (Å²) in [5.41, 5.74) is 3.11. The highest BCUT2D eigenvalue weighted by Crippen LogP contribution is 2.36. The van der Waals surface area contributed by atoms with Crippen molar-refractivity contribution in [3.63, 3.8) is 0 Å². The van der Waals surface area contributed by atoms with E-state index in [9.17, 15) is 4.39 Å². The van der Waals surface area contributed by atoms with Gasteiger partial charge in [-0.2, -0.15) is 0 Å². The molecule has 0 aliphatic carbocycles. The van der Waals surface area contributed by atoms with Crippen molar-refractivity contribution in [1.29, 1.82) is 0 Å². The highest BCUT2D eigenvalue weighted by molar-refractivity contribution is 7.20. The van der Waals surface area contributed by atoms with Crippen LogP contribution in [-0.2, 0) is 17.9 Å². The second-order valence-electron chi connectivity index (χ2n) is 10.7. The van der Waals surface area contributed by atoms with E-state index < -0.39 is 0 Å². The first-order valence-corrected chi connectivity index (χ1v) is 16.2. The van der Waals surface area contributed by atoms with Crippen LogP contribution >= 0.6 is 22.9 Å². The van der Waals surface area contributed by atoms with Crippen molar-refractivity contribution in [2.75, 3.05) is 46.9 Å². The average Bonchev–Trinajstić information content (AvgIpc) is 3.52. The summed E-state index contributed by atoms with van der Waals surface area (Å²) in [6.07, 6.45) is 1.51. The number of rotatable bonds is 14. The molecular weight excluding hydrogens is 655 g/mol. The Hall–Kier alpha value is -4.60. The van der Waals surface area contributed by atoms with Gasteiger partial charge in [-0.05, 0) is 48.9 Å². The molecule has 0 spiro atoms. The Morgan fingerprint density at radius 2 is 1.75 bits per heavy atom. The third-order valence-corrected chi connectivity index (χ3v) is 8.84. The fraction of sp³-hybridized carbons (Fsp3) is 0.278. The summed E-state index contributed by atoms with van der Waals surface area (Å²) in [7, 11) is 6.54. The topological polar surface area (TPSA) is 87.2 Å². The molecule has 0 bridgehead atoms. The van der Waals surface area contributed by atoms with Crippen molar-refractivity contribution in [3.8, 4) is 34.8 Å². The van der Waals surface area contributed by atoms with E-state index in [2.05, 4.69) is 38.9 Å². The lowest BCUT2D eigenvalue weighted by Crippen LogP contribution is -2.34. The minimum absolute atomic E-state index is 0.130. The Labute approximate surface area is 288 Å². The first-order chi connectivity index (χ1) is 23.3. The minimum Gasteiger partial charge on any atom is -0.496 e. The summed E-state index contributed by atoms with van der Waals surface area (Å²) in [5.74, 6) is 9.54. The van der Waals surface area contributed by atoms with E-state index in [0.717, 1.165) is 26.3 Å². The monoisotopic (exact) mass is 690 g/mol. The molecular formula is C36H36ClFN4O5S. The van der Waals surface area contributed by atoms with Gasteiger partial charge in [0.1, 0.15) is 41.7 Å². The van der Waals surface area contributed by atoms with Crippen LogP contribution in [0, 0.1) is 17.7 Å². The van der Waals surface area contributed by atoms with E-state index in [-0.39, 0.29) is 18.5 Å². The van der Waals surface area contributed by atoms with Gasteiger partial charge < -0.3 is 29.0 Å². The number of hydrogen-bond acceptors (Lipinski definition) is 10. The van der Waals surface area contributed by atoms with E-state index in [1.807, 2.05) is 24.3 Å². The normalized spacial score (nSPS) is 11.6. The SMILES string of the molecule is COCCN(Cc1c(OC)cc(OC)cc1OC)[C@@H](C)C#Cc1cc2ncnc(Nc3ccc(OCc4cccc(F)c4)c(Cl)c3)c2s1. The largest absolute Gasteiger partial charge is 0.496 e. The molecule has 0 aliphatic heterocycles. The molecule has 48 heavy (non-hydrogen) atoms. The fourth-order valence-electron chi connectivity index (χ4n) is 4.95. The van der Waals surface area contributed by atoms with Crippen LogP contribution in [0.4, 0.5) is 15.9 Å². The number of halogens is 2. The Morgan fingerprint density at radius 3 is 2.44 bits per heavy atom. The summed E-state index contributed by atoms with van der Waals surface area (Å²) < 4.78 is 42.4. The number of ether oxygens (including phenoxy) is 5. The maximum atomic E-state index is 13.5. The number of nitrogens with zero attached hydrogens (tertiary/aromatic N) is 3. The second-order valence-corrected chi connectivity index (χ2v) is 12.1. The van der Waals surface area contributed by atoms with Crippen LogP contribution in [0.15, 0.2) is 67.0 Å². The van der Waals surface area contributed by atoms with E-state index in [1.165, 1.54) is 29.8 Å². The van der Waals surface area contributed by atoms with Gasteiger partial charge in [0.15, 0.2) is 5.82 Å². The van der Waals surface area contributed by atoms with Crippen LogP contribution in [0.1, 0.15) is 22.9 Å². The van der Waals surface area contributed by atoms with Crippen LogP contribution in [0.25, 0.3) is 10.2 Å². The molecule has 12 heteroatoms. The summed E-state index contributed by atoms with van der Waals surface area (Å²) >= 11 is 8.03. The number of fused-ring (bicyclic) bond motifs is 1. The molecule has 9 nitrogen and oxygen atoms in total. The van der Waals surface area contributed by atoms with Gasteiger partial charge in [0.25, 0.3) is 0 Å². The van der Waals surface area contributed by atoms with Crippen molar-refractivity contribution in [1.82, 2.24) is 14.9 Å². The quantitative estimate of drug-likeness (QED) is 0.118. The zero-order valence-corrected chi connectivity index (χ0v) is 28.9. The first kappa shape index (κ1) is 34.7. The molecule has 0 fully saturated rings. The molecule has 0 saturated carbocycles. The number of methoxy groups -OCH3 is 4. The van der Waals surface area contributed by atoms with E-state index in [4.69, 9.17) is 35.3 Å². The smallest absolute Gasteiger partial charge is 0.151 e. The zero-order chi connectivity index (χ0) is 34.0. The molecule has 0 amide bonds. The molecule has 0 aliphatic rings. The van der Waals surface area contributed by atoms with Crippen LogP contribution in [-0.4, -0.2) is 62.5 Å². The summed E-state index contributed by atoms with van der Waals surface area (Å²) in [4.78, 5) is 12.0. The fourth-order valence-corrected chi connectivity index (χ4v) is 6.10. The predicted molar refractivity (Wildman–Crippen MR) is 188 cm³/mol. The van der Waals surface area contributed by atoms with Crippen molar-refractivity contribution in [2.24, 2.45) is 0 Å². The minimum atomic E-state index is -0.314. The second kappa shape index (κ2) is 16.5. The van der Waals surface area contributed by atoms with Gasteiger partial charge in [-0.15, -0.1) is 11.3 Å². The lowest BCUT2D eigenvalue weighted by molar-refractivity contribution is 0.133. The zero-order valence-electron chi connectivity index (χ0n) is 27.3. The Bertz CT molecular complexity index is 1900. The van der Waals surface area contributed by atoms with Gasteiger partial charge >= 0.3 is 0 Å². The van der Waals surface area contributed by atoms with Crippen molar-refractivity contribution >= 4 is 44.7 Å². The molecule has 5 aromatic rings. The summed E-state index contributed by atoms with van der Waals surface area (Å²) in [6.45, 7) is 3.96. The Kier molecular flexibility index (Phi) is 11.9. The Balaban J connectivity index is 1.32. The van der Waals surface area contributed by atoms with Gasteiger partial charge in [0.05, 0.1) is 59.7 Å². The van der Waals surface area contributed by atoms with E-state index >= 15 is 0 Å². The highest BCUT2D eigenvalue weighted by atomic mass is 35.5. The predicted octanol–water partition coefficient (Wildman–Crippen LogP) is 7.72. The molecule has 2 aromatic heterocycles. The number of thiophene rings is 1. The van der Waals surface area contributed by atoms with Gasteiger partial charge in [-0.1, -0.05) is 35.6 Å². The van der Waals surface area contributed by atoms with Gasteiger partial charge in [0.2, 0.25) is 0 Å². The maximum absolute atomic E-state index is 13.5. The highest BCUT2D eigenvalue weighted by Gasteiger charge is 2.20. The lowest BCUT2D eigenvalue weighted by atomic mass is 10.1. The van der Waals surface area contributed by atoms with E-state index in [0.29, 0.717) is 59.1 Å². The molecule has 3 aromatic carbocycles. The molecule has 1 atom stereocenters. The number of benzene rings is 3. The molecule has 2 heterocycles. The number of anilines is 2. The summed E-state index contributed by atoms with van der Waals surface area (Å²) in [6, 6.07) is 17.1. The van der Waals surface area contributed by atoms with Gasteiger partial charge in [-0.3, -0.25) is 4.90 Å². The standard InChI is InChI=1S/C36H36ClFN4O5S/c1-23(42(13-14-43-2)20-29-33(45-4)17-27(44-3)18-34(29)46-5)9-11-28-19-31-35(48-28)36(40-22-39-31)41-26-10-12-32(30(37)16-26)47-21-24-7-6-8-25(38)15-24/h6-8,10,12,15-19,22-23H,13-14,20-21H2,1-5H3,(H,39,40,41)/t23-/m0/s1. The average molecular weight is 691 g/mol. The van der Waals surface area contributed by atoms with Gasteiger partial charge in [-0.25, -0.2) is 14.4 Å². The number of hydrogen-bond donors (Lipinski definition) is 1. The molecule has 5 rings (SSSR count). The van der Waals surface area contributed by atoms with Crippen molar-refractivity contribution in [2.45, 2.75) is 26.1 Å². The summed E-state index contributed by atoms with van der Waals surface area (Å²) in [5, 5.41) is 3.75. The van der Waals surface area contributed by atoms with Crippen LogP contribution < -0.4 is 24.3 Å². The third kappa shape index (κ3) is 8.65. The molecule has 0 radical (unpaired) electrons. The lowest BCUT2D eigenvalue weighted by Gasteiger charge is -2.27. The third-order valence-electron chi connectivity index (χ3n) is 7.50. The van der Waals surface area contributed by atoms with Crippen LogP contribution in [0.5, 0.6) is 23.0 Å². The van der Waals surface area contributed by atoms with Crippen LogP contribution in [0.2, 0.25) is 5.02 Å². The number of aromatic nitrogens is 2. The molecule has 250 valence electrons. The van der Waals surface area contributed by atoms with Gasteiger partial charge in [0, 0.05) is 38.0 Å². The molecule has 0 unspecified atom stereocenters. The maximum Gasteiger partial charge on any atom is 0.151 e. The van der Waals surface area contributed by atoms with Crippen molar-refractivity contribution in [3.05, 3.63) is 93.8 Å². The first-order valence-electron chi connectivity index (χ1n) is 15.0. The number of nitrogens with one attached hydrogen (secondary N) is 1. The molecule has 0 saturated heterocycles. The Morgan fingerprint density at radius 1 is 0.958 bits per heavy atom.